The summed E-state index contributed by atoms with van der Waals surface area (Å²) in [7, 11) is 0. The second-order valence-corrected chi connectivity index (χ2v) is 6.61. The molecule has 1 saturated heterocycles. The summed E-state index contributed by atoms with van der Waals surface area (Å²) in [6.07, 6.45) is 3.01. The fourth-order valence-electron chi connectivity index (χ4n) is 2.63. The molecule has 0 spiro atoms. The first-order valence-electron chi connectivity index (χ1n) is 7.72. The highest BCUT2D eigenvalue weighted by atomic mass is 16.5. The Morgan fingerprint density at radius 3 is 2.65 bits per heavy atom. The van der Waals surface area contributed by atoms with Gasteiger partial charge in [0.15, 0.2) is 0 Å². The minimum Gasteiger partial charge on any atom is -0.377 e. The molecule has 0 radical (unpaired) electrons. The molecule has 3 N–H and O–H groups in total. The highest BCUT2D eigenvalue weighted by molar-refractivity contribution is 5.77. The molecule has 0 aromatic heterocycles. The number of hydrogen-bond donors (Lipinski definition) is 2. The second-order valence-electron chi connectivity index (χ2n) is 6.61. The Balaban J connectivity index is 2.50. The van der Waals surface area contributed by atoms with Gasteiger partial charge < -0.3 is 15.8 Å². The maximum atomic E-state index is 12.1. The number of amides is 1. The van der Waals surface area contributed by atoms with Gasteiger partial charge >= 0.3 is 0 Å². The van der Waals surface area contributed by atoms with E-state index in [2.05, 4.69) is 17.1 Å². The Labute approximate surface area is 123 Å². The Hall–Kier alpha value is -0.650. The molecule has 1 aliphatic heterocycles. The third-order valence-electron chi connectivity index (χ3n) is 3.59. The first-order valence-corrected chi connectivity index (χ1v) is 7.72. The summed E-state index contributed by atoms with van der Waals surface area (Å²) in [6.45, 7) is 11.2. The SMILES string of the molecule is CCN(CC1CCCO1)C(CN)CC(=O)NC(C)(C)C. The van der Waals surface area contributed by atoms with Crippen molar-refractivity contribution in [2.75, 3.05) is 26.2 Å². The van der Waals surface area contributed by atoms with Gasteiger partial charge in [-0.25, -0.2) is 0 Å². The number of hydrogen-bond acceptors (Lipinski definition) is 4. The van der Waals surface area contributed by atoms with E-state index >= 15 is 0 Å². The molecule has 2 atom stereocenters. The molecule has 118 valence electrons. The van der Waals surface area contributed by atoms with Crippen molar-refractivity contribution < 1.29 is 9.53 Å². The van der Waals surface area contributed by atoms with Crippen molar-refractivity contribution in [1.29, 1.82) is 0 Å². The fourth-order valence-corrected chi connectivity index (χ4v) is 2.63. The summed E-state index contributed by atoms with van der Waals surface area (Å²) >= 11 is 0. The number of nitrogens with one attached hydrogen (secondary N) is 1. The van der Waals surface area contributed by atoms with E-state index in [4.69, 9.17) is 10.5 Å². The van der Waals surface area contributed by atoms with Gasteiger partial charge in [-0.2, -0.15) is 0 Å². The zero-order chi connectivity index (χ0) is 15.2. The molecule has 0 aliphatic carbocycles. The highest BCUT2D eigenvalue weighted by Gasteiger charge is 2.25. The Kier molecular flexibility index (Phi) is 6.92. The molecular weight excluding hydrogens is 254 g/mol. The van der Waals surface area contributed by atoms with E-state index in [1.165, 1.54) is 0 Å². The van der Waals surface area contributed by atoms with Crippen molar-refractivity contribution in [1.82, 2.24) is 10.2 Å². The lowest BCUT2D eigenvalue weighted by molar-refractivity contribution is -0.123. The molecule has 20 heavy (non-hydrogen) atoms. The van der Waals surface area contributed by atoms with Gasteiger partial charge in [0.1, 0.15) is 0 Å². The summed E-state index contributed by atoms with van der Waals surface area (Å²) in [5.41, 5.74) is 5.68. The molecule has 0 bridgehead atoms. The van der Waals surface area contributed by atoms with E-state index < -0.39 is 0 Å². The fraction of sp³-hybridized carbons (Fsp3) is 0.933. The topological polar surface area (TPSA) is 67.6 Å². The normalized spacial score (nSPS) is 21.2. The quantitative estimate of drug-likeness (QED) is 0.735. The zero-order valence-electron chi connectivity index (χ0n) is 13.4. The van der Waals surface area contributed by atoms with Crippen molar-refractivity contribution >= 4 is 5.91 Å². The van der Waals surface area contributed by atoms with Crippen LogP contribution in [0.1, 0.15) is 47.0 Å². The van der Waals surface area contributed by atoms with Crippen molar-refractivity contribution in [3.63, 3.8) is 0 Å². The van der Waals surface area contributed by atoms with Crippen molar-refractivity contribution in [2.24, 2.45) is 5.73 Å². The Morgan fingerprint density at radius 1 is 1.50 bits per heavy atom. The standard InChI is InChI=1S/C15H31N3O2/c1-5-18(11-13-7-6-8-20-13)12(10-16)9-14(19)17-15(2,3)4/h12-13H,5-11,16H2,1-4H3,(H,17,19). The van der Waals surface area contributed by atoms with Crippen molar-refractivity contribution in [3.05, 3.63) is 0 Å². The maximum Gasteiger partial charge on any atom is 0.222 e. The van der Waals surface area contributed by atoms with Crippen LogP contribution >= 0.6 is 0 Å². The number of ether oxygens (including phenoxy) is 1. The summed E-state index contributed by atoms with van der Waals surface area (Å²) in [4.78, 5) is 14.3. The predicted octanol–water partition coefficient (Wildman–Crippen LogP) is 1.12. The van der Waals surface area contributed by atoms with Gasteiger partial charge in [0.2, 0.25) is 5.91 Å². The monoisotopic (exact) mass is 285 g/mol. The van der Waals surface area contributed by atoms with Crippen LogP contribution < -0.4 is 11.1 Å². The lowest BCUT2D eigenvalue weighted by Gasteiger charge is -2.32. The van der Waals surface area contributed by atoms with Crippen LogP contribution in [0.5, 0.6) is 0 Å². The van der Waals surface area contributed by atoms with Crippen LogP contribution in [0.15, 0.2) is 0 Å². The van der Waals surface area contributed by atoms with Gasteiger partial charge in [-0.05, 0) is 40.2 Å². The Morgan fingerprint density at radius 2 is 2.20 bits per heavy atom. The van der Waals surface area contributed by atoms with Crippen LogP contribution in [0.2, 0.25) is 0 Å². The lowest BCUT2D eigenvalue weighted by atomic mass is 10.1. The molecule has 5 heteroatoms. The number of nitrogens with zero attached hydrogens (tertiary/aromatic N) is 1. The summed E-state index contributed by atoms with van der Waals surface area (Å²) in [5.74, 6) is 0.0683. The van der Waals surface area contributed by atoms with E-state index in [0.29, 0.717) is 19.1 Å². The van der Waals surface area contributed by atoms with Gasteiger partial charge in [-0.3, -0.25) is 9.69 Å². The molecule has 0 aromatic carbocycles. The van der Waals surface area contributed by atoms with Gasteiger partial charge in [-0.1, -0.05) is 6.92 Å². The van der Waals surface area contributed by atoms with Crippen LogP contribution in [0.4, 0.5) is 0 Å². The predicted molar refractivity (Wildman–Crippen MR) is 81.6 cm³/mol. The molecule has 0 saturated carbocycles. The average molecular weight is 285 g/mol. The number of rotatable bonds is 7. The minimum atomic E-state index is -0.193. The largest absolute Gasteiger partial charge is 0.377 e. The number of likely N-dealkylation sites (N-methyl/N-ethyl adjacent to an activating group) is 1. The third-order valence-corrected chi connectivity index (χ3v) is 3.59. The van der Waals surface area contributed by atoms with E-state index in [1.807, 2.05) is 20.8 Å². The Bertz CT molecular complexity index is 296. The van der Waals surface area contributed by atoms with Gasteiger partial charge in [0.25, 0.3) is 0 Å². The first-order chi connectivity index (χ1) is 9.35. The number of nitrogens with two attached hydrogens (primary N) is 1. The van der Waals surface area contributed by atoms with E-state index in [-0.39, 0.29) is 17.5 Å². The highest BCUT2D eigenvalue weighted by Crippen LogP contribution is 2.15. The molecule has 5 nitrogen and oxygen atoms in total. The van der Waals surface area contributed by atoms with E-state index in [0.717, 1.165) is 32.5 Å². The summed E-state index contributed by atoms with van der Waals surface area (Å²) in [5, 5.41) is 3.00. The summed E-state index contributed by atoms with van der Waals surface area (Å²) in [6, 6.07) is 0.0894. The number of carbonyl (C=O) groups is 1. The molecule has 1 fully saturated rings. The lowest BCUT2D eigenvalue weighted by Crippen LogP contribution is -2.49. The molecule has 2 unspecified atom stereocenters. The van der Waals surface area contributed by atoms with Crippen molar-refractivity contribution in [3.8, 4) is 0 Å². The van der Waals surface area contributed by atoms with E-state index in [1.54, 1.807) is 0 Å². The molecule has 1 rings (SSSR count). The van der Waals surface area contributed by atoms with Gasteiger partial charge in [-0.15, -0.1) is 0 Å². The number of carbonyl (C=O) groups excluding carboxylic acids is 1. The van der Waals surface area contributed by atoms with Crippen LogP contribution in [-0.2, 0) is 9.53 Å². The minimum absolute atomic E-state index is 0.0683. The van der Waals surface area contributed by atoms with Crippen LogP contribution in [0, 0.1) is 0 Å². The zero-order valence-corrected chi connectivity index (χ0v) is 13.4. The summed E-state index contributed by atoms with van der Waals surface area (Å²) < 4.78 is 5.68. The maximum absolute atomic E-state index is 12.1. The van der Waals surface area contributed by atoms with Gasteiger partial charge in [0.05, 0.1) is 6.10 Å². The molecule has 1 amide bonds. The molecule has 1 heterocycles. The second kappa shape index (κ2) is 7.96. The smallest absolute Gasteiger partial charge is 0.222 e. The van der Waals surface area contributed by atoms with Gasteiger partial charge in [0, 0.05) is 37.7 Å². The average Bonchev–Trinajstić information content (AvgIpc) is 2.84. The van der Waals surface area contributed by atoms with Crippen LogP contribution in [0.3, 0.4) is 0 Å². The van der Waals surface area contributed by atoms with Crippen molar-refractivity contribution in [2.45, 2.75) is 64.6 Å². The van der Waals surface area contributed by atoms with E-state index in [9.17, 15) is 4.79 Å². The third kappa shape index (κ3) is 6.20. The van der Waals surface area contributed by atoms with Crippen LogP contribution in [0.25, 0.3) is 0 Å². The van der Waals surface area contributed by atoms with Crippen LogP contribution in [-0.4, -0.2) is 54.7 Å². The molecular formula is C15H31N3O2. The first kappa shape index (κ1) is 17.4. The molecule has 0 aromatic rings. The molecule has 1 aliphatic rings.